The predicted octanol–water partition coefficient (Wildman–Crippen LogP) is 0.929. The number of nitrogens with one attached hydrogen (secondary N) is 1. The van der Waals surface area contributed by atoms with Gasteiger partial charge in [-0.1, -0.05) is 42.5 Å². The molecule has 3 aliphatic rings. The van der Waals surface area contributed by atoms with E-state index in [4.69, 9.17) is 0 Å². The van der Waals surface area contributed by atoms with Crippen molar-refractivity contribution in [2.24, 2.45) is 17.8 Å². The molecule has 0 amide bonds. The van der Waals surface area contributed by atoms with Crippen molar-refractivity contribution >= 4 is 10.0 Å². The third-order valence-corrected chi connectivity index (χ3v) is 7.83. The number of hydrogen-bond donors (Lipinski definition) is 1. The Morgan fingerprint density at radius 2 is 1.79 bits per heavy atom. The van der Waals surface area contributed by atoms with Crippen LogP contribution >= 0.6 is 0 Å². The highest BCUT2D eigenvalue weighted by atomic mass is 32.2. The molecule has 1 heterocycles. The number of piperazine rings is 1. The van der Waals surface area contributed by atoms with E-state index in [1.807, 2.05) is 30.3 Å². The molecule has 24 heavy (non-hydrogen) atoms. The SMILES string of the molecule is O=S(=O)(Cc1ccccc1)N1CC[NH+](C[C@H]2C[C@H]3C=C[C@H]2C3)CC1. The van der Waals surface area contributed by atoms with E-state index >= 15 is 0 Å². The van der Waals surface area contributed by atoms with E-state index in [0.717, 1.165) is 36.4 Å². The van der Waals surface area contributed by atoms with Crippen molar-refractivity contribution in [3.8, 4) is 0 Å². The molecule has 0 radical (unpaired) electrons. The number of rotatable bonds is 5. The molecule has 1 aliphatic heterocycles. The molecule has 0 aromatic heterocycles. The zero-order valence-electron chi connectivity index (χ0n) is 14.1. The van der Waals surface area contributed by atoms with Gasteiger partial charge in [-0.3, -0.25) is 0 Å². The topological polar surface area (TPSA) is 41.8 Å². The van der Waals surface area contributed by atoms with Crippen molar-refractivity contribution < 1.29 is 13.3 Å². The molecule has 1 saturated carbocycles. The molecule has 4 nitrogen and oxygen atoms in total. The molecule has 0 unspecified atom stereocenters. The van der Waals surface area contributed by atoms with Crippen LogP contribution < -0.4 is 4.90 Å². The van der Waals surface area contributed by atoms with E-state index in [-0.39, 0.29) is 5.75 Å². The molecule has 5 heteroatoms. The minimum Gasteiger partial charge on any atom is -0.333 e. The number of hydrogen-bond acceptors (Lipinski definition) is 2. The van der Waals surface area contributed by atoms with Crippen LogP contribution in [0.25, 0.3) is 0 Å². The summed E-state index contributed by atoms with van der Waals surface area (Å²) in [5, 5.41) is 0. The van der Waals surface area contributed by atoms with Gasteiger partial charge >= 0.3 is 0 Å². The van der Waals surface area contributed by atoms with Gasteiger partial charge in [0.2, 0.25) is 10.0 Å². The van der Waals surface area contributed by atoms with Crippen molar-refractivity contribution in [2.75, 3.05) is 32.7 Å². The number of fused-ring (bicyclic) bond motifs is 2. The van der Waals surface area contributed by atoms with Crippen LogP contribution in [-0.2, 0) is 15.8 Å². The summed E-state index contributed by atoms with van der Waals surface area (Å²) in [4.78, 5) is 1.59. The largest absolute Gasteiger partial charge is 0.333 e. The molecular formula is C19H27N2O2S+. The maximum Gasteiger partial charge on any atom is 0.218 e. The molecule has 2 fully saturated rings. The summed E-state index contributed by atoms with van der Waals surface area (Å²) in [5.74, 6) is 2.57. The van der Waals surface area contributed by atoms with Gasteiger partial charge in [0.25, 0.3) is 0 Å². The smallest absolute Gasteiger partial charge is 0.218 e. The lowest BCUT2D eigenvalue weighted by Gasteiger charge is -2.33. The third kappa shape index (κ3) is 3.44. The summed E-state index contributed by atoms with van der Waals surface area (Å²) in [6.45, 7) is 4.46. The fourth-order valence-electron chi connectivity index (χ4n) is 4.66. The lowest BCUT2D eigenvalue weighted by Crippen LogP contribution is -3.15. The van der Waals surface area contributed by atoms with Gasteiger partial charge in [-0.05, 0) is 30.2 Å². The Hall–Kier alpha value is -1.17. The third-order valence-electron chi connectivity index (χ3n) is 5.98. The zero-order chi connectivity index (χ0) is 16.6. The van der Waals surface area contributed by atoms with Crippen molar-refractivity contribution in [2.45, 2.75) is 18.6 Å². The first kappa shape index (κ1) is 16.3. The zero-order valence-corrected chi connectivity index (χ0v) is 14.9. The molecule has 4 rings (SSSR count). The Morgan fingerprint density at radius 3 is 2.42 bits per heavy atom. The Morgan fingerprint density at radius 1 is 1.04 bits per heavy atom. The first-order valence-electron chi connectivity index (χ1n) is 9.14. The molecular weight excluding hydrogens is 320 g/mol. The monoisotopic (exact) mass is 347 g/mol. The lowest BCUT2D eigenvalue weighted by molar-refractivity contribution is -0.907. The van der Waals surface area contributed by atoms with Gasteiger partial charge in [0.15, 0.2) is 0 Å². The van der Waals surface area contributed by atoms with Crippen molar-refractivity contribution in [3.05, 3.63) is 48.0 Å². The van der Waals surface area contributed by atoms with E-state index in [2.05, 4.69) is 12.2 Å². The Labute approximate surface area is 145 Å². The summed E-state index contributed by atoms with van der Waals surface area (Å²) in [6.07, 6.45) is 7.51. The molecule has 1 N–H and O–H groups in total. The van der Waals surface area contributed by atoms with E-state index < -0.39 is 10.0 Å². The maximum atomic E-state index is 12.6. The summed E-state index contributed by atoms with van der Waals surface area (Å²) in [6, 6.07) is 9.50. The minimum absolute atomic E-state index is 0.125. The van der Waals surface area contributed by atoms with E-state index in [1.54, 1.807) is 9.21 Å². The van der Waals surface area contributed by atoms with Gasteiger partial charge < -0.3 is 4.90 Å². The van der Waals surface area contributed by atoms with Crippen LogP contribution in [0.3, 0.4) is 0 Å². The summed E-state index contributed by atoms with van der Waals surface area (Å²) < 4.78 is 26.9. The highest BCUT2D eigenvalue weighted by Gasteiger charge is 2.39. The second-order valence-electron chi connectivity index (χ2n) is 7.64. The van der Waals surface area contributed by atoms with Crippen LogP contribution in [0.4, 0.5) is 0 Å². The average molecular weight is 348 g/mol. The molecule has 130 valence electrons. The summed E-state index contributed by atoms with van der Waals surface area (Å²) >= 11 is 0. The summed E-state index contributed by atoms with van der Waals surface area (Å²) in [5.41, 5.74) is 0.876. The highest BCUT2D eigenvalue weighted by Crippen LogP contribution is 2.42. The molecule has 2 bridgehead atoms. The Kier molecular flexibility index (Phi) is 4.50. The number of benzene rings is 1. The maximum absolute atomic E-state index is 12.6. The van der Waals surface area contributed by atoms with E-state index in [0.29, 0.717) is 13.1 Å². The summed E-state index contributed by atoms with van der Waals surface area (Å²) in [7, 11) is -3.19. The number of nitrogens with zero attached hydrogens (tertiary/aromatic N) is 1. The number of allylic oxidation sites excluding steroid dienone is 2. The molecule has 3 atom stereocenters. The first-order valence-corrected chi connectivity index (χ1v) is 10.7. The number of quaternary nitrogens is 1. The van der Waals surface area contributed by atoms with E-state index in [1.165, 1.54) is 19.4 Å². The van der Waals surface area contributed by atoms with Gasteiger partial charge in [0.1, 0.15) is 0 Å². The predicted molar refractivity (Wildman–Crippen MR) is 95.0 cm³/mol. The van der Waals surface area contributed by atoms with Gasteiger partial charge in [-0.15, -0.1) is 0 Å². The normalized spacial score (nSPS) is 30.9. The second kappa shape index (κ2) is 6.62. The fourth-order valence-corrected chi connectivity index (χ4v) is 6.20. The van der Waals surface area contributed by atoms with Crippen molar-refractivity contribution in [1.82, 2.24) is 4.31 Å². The Balaban J connectivity index is 1.30. The van der Waals surface area contributed by atoms with Crippen LogP contribution in [0.1, 0.15) is 18.4 Å². The van der Waals surface area contributed by atoms with Crippen LogP contribution in [-0.4, -0.2) is 45.4 Å². The van der Waals surface area contributed by atoms with Crippen molar-refractivity contribution in [1.29, 1.82) is 0 Å². The van der Waals surface area contributed by atoms with Gasteiger partial charge in [0, 0.05) is 5.92 Å². The van der Waals surface area contributed by atoms with Gasteiger partial charge in [0.05, 0.1) is 38.5 Å². The van der Waals surface area contributed by atoms with Crippen LogP contribution in [0.15, 0.2) is 42.5 Å². The van der Waals surface area contributed by atoms with Crippen LogP contribution in [0, 0.1) is 17.8 Å². The standard InChI is InChI=1S/C19H26N2O2S/c22-24(23,15-16-4-2-1-3-5-16)21-10-8-20(9-11-21)14-19-13-17-6-7-18(19)12-17/h1-7,17-19H,8-15H2/p+1/t17-,18-,19+/m0/s1. The van der Waals surface area contributed by atoms with Gasteiger partial charge in [-0.25, -0.2) is 8.42 Å². The van der Waals surface area contributed by atoms with Crippen LogP contribution in [0.5, 0.6) is 0 Å². The van der Waals surface area contributed by atoms with Crippen molar-refractivity contribution in [3.63, 3.8) is 0 Å². The average Bonchev–Trinajstić information content (AvgIpc) is 3.19. The van der Waals surface area contributed by atoms with E-state index in [9.17, 15) is 8.42 Å². The quantitative estimate of drug-likeness (QED) is 0.805. The molecule has 0 spiro atoms. The fraction of sp³-hybridized carbons (Fsp3) is 0.579. The second-order valence-corrected chi connectivity index (χ2v) is 9.60. The number of sulfonamides is 1. The molecule has 1 aromatic carbocycles. The van der Waals surface area contributed by atoms with Gasteiger partial charge in [-0.2, -0.15) is 4.31 Å². The minimum atomic E-state index is -3.19. The lowest BCUT2D eigenvalue weighted by atomic mass is 9.93. The van der Waals surface area contributed by atoms with Crippen LogP contribution in [0.2, 0.25) is 0 Å². The first-order chi connectivity index (χ1) is 11.6. The molecule has 1 aromatic rings. The molecule has 1 saturated heterocycles. The Bertz CT molecular complexity index is 693. The highest BCUT2D eigenvalue weighted by molar-refractivity contribution is 7.88. The molecule has 2 aliphatic carbocycles.